The highest BCUT2D eigenvalue weighted by Gasteiger charge is 2.26. The van der Waals surface area contributed by atoms with E-state index in [0.29, 0.717) is 10.9 Å². The number of thiocarbonyl (C=S) groups is 1. The summed E-state index contributed by atoms with van der Waals surface area (Å²) in [6, 6.07) is 7.91. The summed E-state index contributed by atoms with van der Waals surface area (Å²) < 4.78 is 2.84. The zero-order chi connectivity index (χ0) is 12.7. The summed E-state index contributed by atoms with van der Waals surface area (Å²) in [7, 11) is 0. The van der Waals surface area contributed by atoms with Gasteiger partial charge >= 0.3 is 0 Å². The number of halogens is 1. The first-order valence-electron chi connectivity index (χ1n) is 5.80. The molecule has 3 rings (SSSR count). The minimum atomic E-state index is 0.390. The van der Waals surface area contributed by atoms with Gasteiger partial charge in [0.25, 0.3) is 0 Å². The van der Waals surface area contributed by atoms with Crippen molar-refractivity contribution in [3.8, 4) is 5.69 Å². The van der Waals surface area contributed by atoms with E-state index >= 15 is 0 Å². The molecule has 2 aromatic rings. The molecule has 0 unspecified atom stereocenters. The molecule has 0 atom stereocenters. The van der Waals surface area contributed by atoms with Crippen LogP contribution in [0.2, 0.25) is 0 Å². The van der Waals surface area contributed by atoms with Gasteiger partial charge in [-0.15, -0.1) is 0 Å². The van der Waals surface area contributed by atoms with E-state index in [4.69, 9.17) is 18.0 Å². The first kappa shape index (κ1) is 11.9. The molecule has 0 aliphatic heterocycles. The zero-order valence-corrected chi connectivity index (χ0v) is 12.0. The van der Waals surface area contributed by atoms with Gasteiger partial charge in [0.05, 0.1) is 11.4 Å². The van der Waals surface area contributed by atoms with E-state index < -0.39 is 0 Å². The Morgan fingerprint density at radius 2 is 2.17 bits per heavy atom. The van der Waals surface area contributed by atoms with Crippen LogP contribution in [0.1, 0.15) is 30.0 Å². The van der Waals surface area contributed by atoms with Gasteiger partial charge in [-0.1, -0.05) is 28.1 Å². The van der Waals surface area contributed by atoms with Crippen LogP contribution in [0.4, 0.5) is 0 Å². The summed E-state index contributed by atoms with van der Waals surface area (Å²) >= 11 is 8.55. The Morgan fingerprint density at radius 1 is 1.39 bits per heavy atom. The maximum absolute atomic E-state index is 5.76. The Balaban J connectivity index is 2.07. The summed E-state index contributed by atoms with van der Waals surface area (Å²) in [5, 5.41) is 4.61. The average molecular weight is 322 g/mol. The molecule has 5 heteroatoms. The van der Waals surface area contributed by atoms with Crippen molar-refractivity contribution in [2.45, 2.75) is 18.8 Å². The molecule has 1 saturated carbocycles. The van der Waals surface area contributed by atoms with Crippen LogP contribution >= 0.6 is 28.1 Å². The maximum atomic E-state index is 5.76. The summed E-state index contributed by atoms with van der Waals surface area (Å²) in [4.78, 5) is 0.390. The summed E-state index contributed by atoms with van der Waals surface area (Å²) in [6.07, 6.45) is 4.46. The summed E-state index contributed by atoms with van der Waals surface area (Å²) in [6.45, 7) is 0. The summed E-state index contributed by atoms with van der Waals surface area (Å²) in [5.74, 6) is 0.645. The lowest BCUT2D eigenvalue weighted by atomic mass is 10.2. The van der Waals surface area contributed by atoms with Crippen LogP contribution in [0.3, 0.4) is 0 Å². The third kappa shape index (κ3) is 2.20. The van der Waals surface area contributed by atoms with Gasteiger partial charge in [0.2, 0.25) is 0 Å². The largest absolute Gasteiger partial charge is 0.389 e. The van der Waals surface area contributed by atoms with Gasteiger partial charge in [-0.3, -0.25) is 0 Å². The molecule has 1 heterocycles. The Kier molecular flexibility index (Phi) is 2.95. The van der Waals surface area contributed by atoms with Crippen molar-refractivity contribution in [3.63, 3.8) is 0 Å². The fraction of sp³-hybridized carbons (Fsp3) is 0.231. The summed E-state index contributed by atoms with van der Waals surface area (Å²) in [5.41, 5.74) is 8.68. The Bertz CT molecular complexity index is 616. The zero-order valence-electron chi connectivity index (χ0n) is 9.64. The fourth-order valence-electron chi connectivity index (χ4n) is 1.97. The molecule has 0 bridgehead atoms. The molecule has 1 aliphatic rings. The fourth-order valence-corrected chi connectivity index (χ4v) is 2.49. The Labute approximate surface area is 119 Å². The van der Waals surface area contributed by atoms with Crippen LogP contribution in [0.15, 0.2) is 34.9 Å². The highest BCUT2D eigenvalue weighted by molar-refractivity contribution is 9.10. The second-order valence-corrected chi connectivity index (χ2v) is 5.84. The lowest BCUT2D eigenvalue weighted by Gasteiger charge is -2.08. The molecule has 1 aromatic carbocycles. The van der Waals surface area contributed by atoms with E-state index in [0.717, 1.165) is 21.4 Å². The molecule has 0 radical (unpaired) electrons. The van der Waals surface area contributed by atoms with Crippen molar-refractivity contribution in [2.24, 2.45) is 5.73 Å². The average Bonchev–Trinajstić information content (AvgIpc) is 3.07. The molecule has 18 heavy (non-hydrogen) atoms. The van der Waals surface area contributed by atoms with Gasteiger partial charge in [0.1, 0.15) is 4.99 Å². The number of rotatable bonds is 3. The molecule has 2 N–H and O–H groups in total. The molecule has 0 spiro atoms. The minimum absolute atomic E-state index is 0.390. The third-order valence-corrected chi connectivity index (χ3v) is 3.79. The predicted octanol–water partition coefficient (Wildman–Crippen LogP) is 3.15. The first-order chi connectivity index (χ1) is 8.65. The van der Waals surface area contributed by atoms with Crippen LogP contribution in [-0.4, -0.2) is 14.8 Å². The molecule has 1 aliphatic carbocycles. The van der Waals surface area contributed by atoms with Gasteiger partial charge in [0, 0.05) is 22.2 Å². The molecule has 1 fully saturated rings. The lowest BCUT2D eigenvalue weighted by molar-refractivity contribution is 0.835. The van der Waals surface area contributed by atoms with Crippen LogP contribution < -0.4 is 5.73 Å². The maximum Gasteiger partial charge on any atom is 0.106 e. The second-order valence-electron chi connectivity index (χ2n) is 4.49. The topological polar surface area (TPSA) is 43.8 Å². The van der Waals surface area contributed by atoms with E-state index in [-0.39, 0.29) is 0 Å². The van der Waals surface area contributed by atoms with E-state index in [9.17, 15) is 0 Å². The highest BCUT2D eigenvalue weighted by Crippen LogP contribution is 2.39. The number of benzene rings is 1. The van der Waals surface area contributed by atoms with Crippen LogP contribution in [0.5, 0.6) is 0 Å². The van der Waals surface area contributed by atoms with E-state index in [1.807, 2.05) is 29.1 Å². The molecule has 0 saturated heterocycles. The van der Waals surface area contributed by atoms with Gasteiger partial charge in [-0.2, -0.15) is 5.10 Å². The van der Waals surface area contributed by atoms with E-state index in [1.165, 1.54) is 12.8 Å². The number of hydrogen-bond acceptors (Lipinski definition) is 2. The van der Waals surface area contributed by atoms with Crippen molar-refractivity contribution < 1.29 is 0 Å². The third-order valence-electron chi connectivity index (χ3n) is 3.08. The normalized spacial score (nSPS) is 14.7. The monoisotopic (exact) mass is 321 g/mol. The number of nitrogens with two attached hydrogens (primary N) is 1. The number of aromatic nitrogens is 2. The van der Waals surface area contributed by atoms with Crippen molar-refractivity contribution in [1.82, 2.24) is 9.78 Å². The molecule has 1 aromatic heterocycles. The molecule has 3 nitrogen and oxygen atoms in total. The van der Waals surface area contributed by atoms with E-state index in [1.54, 1.807) is 0 Å². The van der Waals surface area contributed by atoms with Gasteiger partial charge in [-0.05, 0) is 37.1 Å². The first-order valence-corrected chi connectivity index (χ1v) is 7.00. The van der Waals surface area contributed by atoms with Gasteiger partial charge < -0.3 is 5.73 Å². The Hall–Kier alpha value is -1.20. The Morgan fingerprint density at radius 3 is 2.83 bits per heavy atom. The molecule has 0 amide bonds. The van der Waals surface area contributed by atoms with Crippen LogP contribution in [0, 0.1) is 0 Å². The predicted molar refractivity (Wildman–Crippen MR) is 79.1 cm³/mol. The van der Waals surface area contributed by atoms with Crippen LogP contribution in [0.25, 0.3) is 5.69 Å². The van der Waals surface area contributed by atoms with Gasteiger partial charge in [-0.25, -0.2) is 4.68 Å². The molecule has 92 valence electrons. The molecular formula is C13H12BrN3S. The van der Waals surface area contributed by atoms with Crippen molar-refractivity contribution in [2.75, 3.05) is 0 Å². The number of hydrogen-bond donors (Lipinski definition) is 1. The smallest absolute Gasteiger partial charge is 0.106 e. The number of nitrogens with zero attached hydrogens (tertiary/aromatic N) is 2. The van der Waals surface area contributed by atoms with Crippen molar-refractivity contribution in [3.05, 3.63) is 46.2 Å². The standard InChI is InChI=1S/C13H12BrN3S/c14-9-3-4-10(13(15)18)12(7-9)17-6-5-11(16-17)8-1-2-8/h3-8H,1-2H2,(H2,15,18). The van der Waals surface area contributed by atoms with Crippen LogP contribution in [-0.2, 0) is 0 Å². The SMILES string of the molecule is NC(=S)c1ccc(Br)cc1-n1ccc(C2CC2)n1. The second kappa shape index (κ2) is 4.48. The quantitative estimate of drug-likeness (QED) is 0.883. The lowest BCUT2D eigenvalue weighted by Crippen LogP contribution is -2.13. The van der Waals surface area contributed by atoms with Crippen molar-refractivity contribution >= 4 is 33.1 Å². The molecular weight excluding hydrogens is 310 g/mol. The highest BCUT2D eigenvalue weighted by atomic mass is 79.9. The van der Waals surface area contributed by atoms with Crippen molar-refractivity contribution in [1.29, 1.82) is 0 Å². The van der Waals surface area contributed by atoms with E-state index in [2.05, 4.69) is 27.1 Å². The minimum Gasteiger partial charge on any atom is -0.389 e. The van der Waals surface area contributed by atoms with Gasteiger partial charge in [0.15, 0.2) is 0 Å².